The quantitative estimate of drug-likeness (QED) is 0.375. The summed E-state index contributed by atoms with van der Waals surface area (Å²) in [5.74, 6) is 1.67. The third kappa shape index (κ3) is 2.66. The lowest BCUT2D eigenvalue weighted by molar-refractivity contribution is -0.384. The Kier molecular flexibility index (Phi) is 4.23. The zero-order valence-electron chi connectivity index (χ0n) is 15.1. The van der Waals surface area contributed by atoms with Gasteiger partial charge in [-0.05, 0) is 34.5 Å². The molecule has 28 heavy (non-hydrogen) atoms. The van der Waals surface area contributed by atoms with E-state index < -0.39 is 4.92 Å². The van der Waals surface area contributed by atoms with Crippen molar-refractivity contribution >= 4 is 22.7 Å². The van der Waals surface area contributed by atoms with Gasteiger partial charge in [-0.3, -0.25) is 14.9 Å². The second-order valence-electron chi connectivity index (χ2n) is 6.05. The molecule has 1 aliphatic rings. The van der Waals surface area contributed by atoms with Crippen molar-refractivity contribution in [3.05, 3.63) is 52.1 Å². The highest BCUT2D eigenvalue weighted by atomic mass is 16.7. The van der Waals surface area contributed by atoms with Gasteiger partial charge in [0.15, 0.2) is 29.3 Å². The van der Waals surface area contributed by atoms with Crippen molar-refractivity contribution in [1.29, 1.82) is 0 Å². The van der Waals surface area contributed by atoms with Gasteiger partial charge in [0.2, 0.25) is 6.79 Å². The summed E-state index contributed by atoms with van der Waals surface area (Å²) in [6.45, 7) is 0.107. The van der Waals surface area contributed by atoms with E-state index in [1.807, 2.05) is 0 Å². The van der Waals surface area contributed by atoms with E-state index in [-0.39, 0.29) is 23.8 Å². The lowest BCUT2D eigenvalue weighted by Crippen LogP contribution is -1.99. The number of nitro groups is 1. The topological polar surface area (TPSA) is 97.1 Å². The van der Waals surface area contributed by atoms with Crippen LogP contribution in [0.15, 0.2) is 36.4 Å². The minimum atomic E-state index is -0.518. The Bertz CT molecular complexity index is 1120. The fraction of sp³-hybridized carbons (Fsp3) is 0.150. The molecule has 142 valence electrons. The van der Waals surface area contributed by atoms with Crippen LogP contribution in [0.25, 0.3) is 21.9 Å². The van der Waals surface area contributed by atoms with Crippen LogP contribution < -0.4 is 18.9 Å². The van der Waals surface area contributed by atoms with Crippen molar-refractivity contribution in [3.8, 4) is 34.1 Å². The monoisotopic (exact) mass is 381 g/mol. The molecular formula is C20H15NO7. The standard InChI is InChI=1S/C20H15NO7/c1-25-17-7-14(16(21(23)24)8-18(17)26-2)12-4-3-11-5-19-20(28-10-27-19)6-13(11)15(12)9-22/h3-9H,10H2,1-2H3. The molecule has 0 atom stereocenters. The molecule has 0 aromatic heterocycles. The number of rotatable bonds is 5. The summed E-state index contributed by atoms with van der Waals surface area (Å²) in [6.07, 6.45) is 0.681. The van der Waals surface area contributed by atoms with Crippen LogP contribution in [-0.2, 0) is 0 Å². The fourth-order valence-electron chi connectivity index (χ4n) is 3.33. The maximum atomic E-state index is 12.0. The van der Waals surface area contributed by atoms with E-state index >= 15 is 0 Å². The minimum absolute atomic E-state index is 0.107. The predicted molar refractivity (Wildman–Crippen MR) is 101 cm³/mol. The molecule has 0 aliphatic carbocycles. The first-order valence-electron chi connectivity index (χ1n) is 8.29. The van der Waals surface area contributed by atoms with Gasteiger partial charge >= 0.3 is 0 Å². The van der Waals surface area contributed by atoms with E-state index in [0.717, 1.165) is 5.39 Å². The first kappa shape index (κ1) is 17.6. The highest BCUT2D eigenvalue weighted by Crippen LogP contribution is 2.44. The van der Waals surface area contributed by atoms with Gasteiger partial charge in [0.05, 0.1) is 30.8 Å². The lowest BCUT2D eigenvalue weighted by atomic mass is 9.93. The molecule has 8 nitrogen and oxygen atoms in total. The molecule has 0 amide bonds. The average Bonchev–Trinajstić information content (AvgIpc) is 3.17. The Hall–Kier alpha value is -3.81. The third-order valence-electron chi connectivity index (χ3n) is 4.66. The first-order chi connectivity index (χ1) is 13.6. The van der Waals surface area contributed by atoms with E-state index in [1.165, 1.54) is 26.4 Å². The Labute approximate surface area is 159 Å². The molecule has 0 unspecified atom stereocenters. The maximum Gasteiger partial charge on any atom is 0.281 e. The second kappa shape index (κ2) is 6.73. The molecule has 0 bridgehead atoms. The van der Waals surface area contributed by atoms with E-state index in [4.69, 9.17) is 18.9 Å². The van der Waals surface area contributed by atoms with Gasteiger partial charge in [0, 0.05) is 5.56 Å². The van der Waals surface area contributed by atoms with E-state index in [1.54, 1.807) is 24.3 Å². The third-order valence-corrected chi connectivity index (χ3v) is 4.66. The largest absolute Gasteiger partial charge is 0.493 e. The Morgan fingerprint density at radius 2 is 1.68 bits per heavy atom. The number of hydrogen-bond donors (Lipinski definition) is 0. The Morgan fingerprint density at radius 1 is 1.00 bits per heavy atom. The molecular weight excluding hydrogens is 366 g/mol. The average molecular weight is 381 g/mol. The molecule has 0 fully saturated rings. The molecule has 0 saturated carbocycles. The van der Waals surface area contributed by atoms with Crippen LogP contribution in [0.1, 0.15) is 10.4 Å². The number of carbonyl (C=O) groups is 1. The second-order valence-corrected chi connectivity index (χ2v) is 6.05. The zero-order chi connectivity index (χ0) is 19.8. The minimum Gasteiger partial charge on any atom is -0.493 e. The van der Waals surface area contributed by atoms with Crippen LogP contribution in [0.3, 0.4) is 0 Å². The van der Waals surface area contributed by atoms with Gasteiger partial charge < -0.3 is 18.9 Å². The number of carbonyl (C=O) groups excluding carboxylic acids is 1. The number of aldehydes is 1. The van der Waals surface area contributed by atoms with Crippen LogP contribution in [0.4, 0.5) is 5.69 Å². The van der Waals surface area contributed by atoms with Gasteiger partial charge in [0.25, 0.3) is 5.69 Å². The molecule has 0 radical (unpaired) electrons. The van der Waals surface area contributed by atoms with Crippen molar-refractivity contribution in [2.24, 2.45) is 0 Å². The summed E-state index contributed by atoms with van der Waals surface area (Å²) in [6, 6.07) is 9.71. The summed E-state index contributed by atoms with van der Waals surface area (Å²) in [4.78, 5) is 23.1. The summed E-state index contributed by atoms with van der Waals surface area (Å²) in [7, 11) is 2.84. The van der Waals surface area contributed by atoms with E-state index in [2.05, 4.69) is 0 Å². The van der Waals surface area contributed by atoms with Crippen molar-refractivity contribution in [2.45, 2.75) is 0 Å². The molecule has 3 aromatic rings. The van der Waals surface area contributed by atoms with Crippen molar-refractivity contribution < 1.29 is 28.7 Å². The van der Waals surface area contributed by atoms with Gasteiger partial charge in [-0.2, -0.15) is 0 Å². The number of hydrogen-bond acceptors (Lipinski definition) is 7. The molecule has 0 saturated heterocycles. The number of fused-ring (bicyclic) bond motifs is 2. The van der Waals surface area contributed by atoms with Crippen LogP contribution in [0.5, 0.6) is 23.0 Å². The fourth-order valence-corrected chi connectivity index (χ4v) is 3.33. The van der Waals surface area contributed by atoms with Crippen LogP contribution in [0.2, 0.25) is 0 Å². The lowest BCUT2D eigenvalue weighted by Gasteiger charge is -2.13. The molecule has 1 heterocycles. The van der Waals surface area contributed by atoms with E-state index in [9.17, 15) is 14.9 Å². The summed E-state index contributed by atoms with van der Waals surface area (Å²) in [5.41, 5.74) is 0.783. The zero-order valence-corrected chi connectivity index (χ0v) is 15.1. The number of nitrogens with zero attached hydrogens (tertiary/aromatic N) is 1. The highest BCUT2D eigenvalue weighted by Gasteiger charge is 2.24. The molecule has 1 aliphatic heterocycles. The van der Waals surface area contributed by atoms with Gasteiger partial charge in [0.1, 0.15) is 0 Å². The van der Waals surface area contributed by atoms with Gasteiger partial charge in [-0.15, -0.1) is 0 Å². The van der Waals surface area contributed by atoms with Crippen LogP contribution in [-0.4, -0.2) is 32.2 Å². The summed E-state index contributed by atoms with van der Waals surface area (Å²) >= 11 is 0. The van der Waals surface area contributed by atoms with Crippen molar-refractivity contribution in [2.75, 3.05) is 21.0 Å². The number of nitro benzene ring substituents is 1. The predicted octanol–water partition coefficient (Wildman–Crippen LogP) is 3.97. The normalized spacial score (nSPS) is 12.1. The first-order valence-corrected chi connectivity index (χ1v) is 8.29. The number of benzene rings is 3. The summed E-state index contributed by atoms with van der Waals surface area (Å²) in [5, 5.41) is 13.0. The Balaban J connectivity index is 2.02. The van der Waals surface area contributed by atoms with Crippen molar-refractivity contribution in [1.82, 2.24) is 0 Å². The molecule has 3 aromatic carbocycles. The van der Waals surface area contributed by atoms with Crippen LogP contribution in [0, 0.1) is 10.1 Å². The molecule has 8 heteroatoms. The van der Waals surface area contributed by atoms with Gasteiger partial charge in [-0.1, -0.05) is 12.1 Å². The Morgan fingerprint density at radius 3 is 2.32 bits per heavy atom. The smallest absolute Gasteiger partial charge is 0.281 e. The highest BCUT2D eigenvalue weighted by molar-refractivity contribution is 6.06. The van der Waals surface area contributed by atoms with E-state index in [0.29, 0.717) is 40.0 Å². The molecule has 0 spiro atoms. The van der Waals surface area contributed by atoms with Gasteiger partial charge in [-0.25, -0.2) is 0 Å². The molecule has 0 N–H and O–H groups in total. The number of ether oxygens (including phenoxy) is 4. The number of methoxy groups -OCH3 is 2. The maximum absolute atomic E-state index is 12.0. The SMILES string of the molecule is COc1cc(-c2ccc3cc4c(cc3c2C=O)OCO4)c([N+](=O)[O-])cc1OC. The molecule has 4 rings (SSSR count). The van der Waals surface area contributed by atoms with Crippen LogP contribution >= 0.6 is 0 Å². The summed E-state index contributed by atoms with van der Waals surface area (Å²) < 4.78 is 21.2. The van der Waals surface area contributed by atoms with Crippen molar-refractivity contribution in [3.63, 3.8) is 0 Å².